The molecule has 1 amide bonds. The number of furan rings is 1. The van der Waals surface area contributed by atoms with E-state index in [2.05, 4.69) is 10.2 Å². The van der Waals surface area contributed by atoms with Gasteiger partial charge in [0, 0.05) is 31.8 Å². The highest BCUT2D eigenvalue weighted by Crippen LogP contribution is 2.24. The highest BCUT2D eigenvalue weighted by atomic mass is 16.5. The number of carbonyl (C=O) groups excluding carboxylic acids is 1. The van der Waals surface area contributed by atoms with Crippen LogP contribution >= 0.6 is 0 Å². The molecule has 30 heavy (non-hydrogen) atoms. The van der Waals surface area contributed by atoms with Crippen molar-refractivity contribution < 1.29 is 18.7 Å². The predicted molar refractivity (Wildman–Crippen MR) is 115 cm³/mol. The van der Waals surface area contributed by atoms with Gasteiger partial charge in [-0.1, -0.05) is 18.2 Å². The first-order valence-electron chi connectivity index (χ1n) is 10.6. The Bertz CT molecular complexity index is 958. The number of carbonyl (C=O) groups is 1. The maximum Gasteiger partial charge on any atom is 0.268 e. The Kier molecular flexibility index (Phi) is 6.71. The fourth-order valence-electron chi connectivity index (χ4n) is 3.79. The number of nitrogens with zero attached hydrogens (tertiary/aromatic N) is 2. The molecule has 0 unspecified atom stereocenters. The molecule has 7 nitrogen and oxygen atoms in total. The van der Waals surface area contributed by atoms with Gasteiger partial charge >= 0.3 is 0 Å². The van der Waals surface area contributed by atoms with E-state index in [9.17, 15) is 4.79 Å². The third kappa shape index (κ3) is 5.04. The summed E-state index contributed by atoms with van der Waals surface area (Å²) < 4.78 is 18.9. The van der Waals surface area contributed by atoms with Crippen LogP contribution in [0.25, 0.3) is 11.1 Å². The Hall–Kier alpha value is -2.77. The zero-order valence-corrected chi connectivity index (χ0v) is 17.4. The predicted octanol–water partition coefficient (Wildman–Crippen LogP) is 3.07. The van der Waals surface area contributed by atoms with Gasteiger partial charge in [0.2, 0.25) is 0 Å². The van der Waals surface area contributed by atoms with Crippen molar-refractivity contribution in [3.63, 3.8) is 0 Å². The molecule has 1 N–H and O–H groups in total. The number of aromatic nitrogens is 1. The monoisotopic (exact) mass is 411 g/mol. The van der Waals surface area contributed by atoms with E-state index in [0.29, 0.717) is 25.4 Å². The summed E-state index contributed by atoms with van der Waals surface area (Å²) >= 11 is 0. The number of fused-ring (bicyclic) bond motifs is 1. The van der Waals surface area contributed by atoms with Crippen LogP contribution in [0, 0.1) is 6.92 Å². The van der Waals surface area contributed by atoms with Crippen molar-refractivity contribution in [2.45, 2.75) is 19.9 Å². The molecule has 0 spiro atoms. The minimum Gasteiger partial charge on any atom is -0.492 e. The van der Waals surface area contributed by atoms with Crippen molar-refractivity contribution in [3.8, 4) is 5.75 Å². The lowest BCUT2D eigenvalue weighted by Gasteiger charge is -2.26. The quantitative estimate of drug-likeness (QED) is 0.548. The van der Waals surface area contributed by atoms with Crippen LogP contribution in [-0.2, 0) is 11.3 Å². The van der Waals surface area contributed by atoms with Gasteiger partial charge in [0.15, 0.2) is 5.58 Å². The van der Waals surface area contributed by atoms with Gasteiger partial charge in [0.05, 0.1) is 25.3 Å². The zero-order valence-electron chi connectivity index (χ0n) is 17.4. The highest BCUT2D eigenvalue weighted by molar-refractivity contribution is 5.97. The van der Waals surface area contributed by atoms with Gasteiger partial charge in [0.1, 0.15) is 23.8 Å². The molecule has 1 aromatic carbocycles. The molecule has 3 heterocycles. The van der Waals surface area contributed by atoms with Crippen LogP contribution < -0.4 is 10.1 Å². The first-order valence-corrected chi connectivity index (χ1v) is 10.6. The molecule has 1 aliphatic rings. The SMILES string of the molecule is Cc1cc2c(cc(C(=O)NCCCN3CCOCC3)n2CCOc2ccccc2)o1. The van der Waals surface area contributed by atoms with Crippen LogP contribution in [-0.4, -0.2) is 61.4 Å². The standard InChI is InChI=1S/C23H29N3O4/c1-18-16-20-22(30-18)17-21(26(20)12-15-29-19-6-3-2-4-7-19)23(27)24-8-5-9-25-10-13-28-14-11-25/h2-4,6-7,16-17H,5,8-15H2,1H3,(H,24,27). The molecule has 0 atom stereocenters. The van der Waals surface area contributed by atoms with Crippen LogP contribution in [0.1, 0.15) is 22.7 Å². The molecule has 1 fully saturated rings. The van der Waals surface area contributed by atoms with Gasteiger partial charge in [-0.2, -0.15) is 0 Å². The number of hydrogen-bond acceptors (Lipinski definition) is 5. The van der Waals surface area contributed by atoms with E-state index in [-0.39, 0.29) is 5.91 Å². The van der Waals surface area contributed by atoms with E-state index < -0.39 is 0 Å². The number of ether oxygens (including phenoxy) is 2. The second-order valence-corrected chi connectivity index (χ2v) is 7.51. The van der Waals surface area contributed by atoms with E-state index in [1.807, 2.05) is 54.0 Å². The summed E-state index contributed by atoms with van der Waals surface area (Å²) in [6.07, 6.45) is 0.915. The van der Waals surface area contributed by atoms with Crippen LogP contribution in [0.5, 0.6) is 5.75 Å². The largest absolute Gasteiger partial charge is 0.492 e. The molecule has 1 saturated heterocycles. The second kappa shape index (κ2) is 9.82. The molecule has 0 saturated carbocycles. The van der Waals surface area contributed by atoms with Crippen molar-refractivity contribution in [3.05, 3.63) is 53.9 Å². The molecule has 7 heteroatoms. The normalized spacial score (nSPS) is 14.8. The molecule has 0 radical (unpaired) electrons. The Labute approximate surface area is 176 Å². The summed E-state index contributed by atoms with van der Waals surface area (Å²) in [7, 11) is 0. The summed E-state index contributed by atoms with van der Waals surface area (Å²) in [5, 5.41) is 3.05. The highest BCUT2D eigenvalue weighted by Gasteiger charge is 2.18. The minimum absolute atomic E-state index is 0.0826. The Morgan fingerprint density at radius 2 is 1.93 bits per heavy atom. The van der Waals surface area contributed by atoms with Crippen molar-refractivity contribution in [1.29, 1.82) is 0 Å². The summed E-state index contributed by atoms with van der Waals surface area (Å²) in [6.45, 7) is 8.08. The minimum atomic E-state index is -0.0826. The number of nitrogens with one attached hydrogen (secondary N) is 1. The summed E-state index contributed by atoms with van der Waals surface area (Å²) in [5.74, 6) is 1.56. The van der Waals surface area contributed by atoms with Gasteiger partial charge in [-0.05, 0) is 32.0 Å². The van der Waals surface area contributed by atoms with Gasteiger partial charge in [0.25, 0.3) is 5.91 Å². The van der Waals surface area contributed by atoms with Crippen molar-refractivity contribution in [1.82, 2.24) is 14.8 Å². The number of benzene rings is 1. The van der Waals surface area contributed by atoms with Gasteiger partial charge in [-0.25, -0.2) is 0 Å². The maximum absolute atomic E-state index is 12.9. The molecule has 0 bridgehead atoms. The fraction of sp³-hybridized carbons (Fsp3) is 0.435. The van der Waals surface area contributed by atoms with Crippen LogP contribution in [0.2, 0.25) is 0 Å². The van der Waals surface area contributed by atoms with E-state index in [0.717, 1.165) is 61.9 Å². The maximum atomic E-state index is 12.9. The number of para-hydroxylation sites is 1. The average molecular weight is 412 g/mol. The lowest BCUT2D eigenvalue weighted by molar-refractivity contribution is 0.0374. The molecule has 4 rings (SSSR count). The van der Waals surface area contributed by atoms with Crippen molar-refractivity contribution >= 4 is 17.0 Å². The third-order valence-electron chi connectivity index (χ3n) is 5.31. The van der Waals surface area contributed by atoms with E-state index in [4.69, 9.17) is 13.9 Å². The molecule has 1 aliphatic heterocycles. The van der Waals surface area contributed by atoms with Gasteiger partial charge in [-0.15, -0.1) is 0 Å². The van der Waals surface area contributed by atoms with Gasteiger partial charge in [-0.3, -0.25) is 9.69 Å². The van der Waals surface area contributed by atoms with Crippen LogP contribution in [0.15, 0.2) is 46.9 Å². The number of hydrogen-bond donors (Lipinski definition) is 1. The Balaban J connectivity index is 1.36. The van der Waals surface area contributed by atoms with Crippen molar-refractivity contribution in [2.24, 2.45) is 0 Å². The molecule has 0 aliphatic carbocycles. The zero-order chi connectivity index (χ0) is 20.8. The smallest absolute Gasteiger partial charge is 0.268 e. The Morgan fingerprint density at radius 3 is 2.73 bits per heavy atom. The lowest BCUT2D eigenvalue weighted by Crippen LogP contribution is -2.38. The first-order chi connectivity index (χ1) is 14.7. The van der Waals surface area contributed by atoms with Crippen LogP contribution in [0.4, 0.5) is 0 Å². The number of rotatable bonds is 9. The molecule has 160 valence electrons. The number of amides is 1. The van der Waals surface area contributed by atoms with Gasteiger partial charge < -0.3 is 23.8 Å². The Morgan fingerprint density at radius 1 is 1.13 bits per heavy atom. The topological polar surface area (TPSA) is 68.9 Å². The lowest BCUT2D eigenvalue weighted by atomic mass is 10.3. The van der Waals surface area contributed by atoms with E-state index in [1.54, 1.807) is 0 Å². The summed E-state index contributed by atoms with van der Waals surface area (Å²) in [6, 6.07) is 13.5. The summed E-state index contributed by atoms with van der Waals surface area (Å²) in [4.78, 5) is 15.2. The van der Waals surface area contributed by atoms with Crippen LogP contribution in [0.3, 0.4) is 0 Å². The molecular weight excluding hydrogens is 382 g/mol. The summed E-state index contributed by atoms with van der Waals surface area (Å²) in [5.41, 5.74) is 2.25. The number of aryl methyl sites for hydroxylation is 1. The average Bonchev–Trinajstić information content (AvgIpc) is 3.29. The van der Waals surface area contributed by atoms with E-state index >= 15 is 0 Å². The fourth-order valence-corrected chi connectivity index (χ4v) is 3.79. The van der Waals surface area contributed by atoms with Crippen molar-refractivity contribution in [2.75, 3.05) is 46.0 Å². The molecular formula is C23H29N3O4. The second-order valence-electron chi connectivity index (χ2n) is 7.51. The first kappa shape index (κ1) is 20.5. The van der Waals surface area contributed by atoms with E-state index in [1.165, 1.54) is 0 Å². The number of morpholine rings is 1. The molecule has 2 aromatic heterocycles. The molecule has 3 aromatic rings. The third-order valence-corrected chi connectivity index (χ3v) is 5.31.